The number of hydrogen-bond donors (Lipinski definition) is 1. The van der Waals surface area contributed by atoms with Crippen LogP contribution in [0.4, 0.5) is 0 Å². The van der Waals surface area contributed by atoms with Crippen LogP contribution in [0.1, 0.15) is 0 Å². The van der Waals surface area contributed by atoms with Gasteiger partial charge in [-0.1, -0.05) is 6.07 Å². The van der Waals surface area contributed by atoms with Gasteiger partial charge in [-0.3, -0.25) is 4.79 Å². The molecule has 0 saturated carbocycles. The van der Waals surface area contributed by atoms with E-state index >= 15 is 0 Å². The highest BCUT2D eigenvalue weighted by Crippen LogP contribution is 2.17. The second-order valence-electron chi connectivity index (χ2n) is 3.78. The number of ether oxygens (including phenoxy) is 1. The van der Waals surface area contributed by atoms with Crippen LogP contribution in [0.5, 0.6) is 5.75 Å². The van der Waals surface area contributed by atoms with Crippen molar-refractivity contribution in [3.05, 3.63) is 47.0 Å². The summed E-state index contributed by atoms with van der Waals surface area (Å²) in [6, 6.07) is 7.44. The minimum absolute atomic E-state index is 0.297. The zero-order valence-electron chi connectivity index (χ0n) is 9.62. The number of fused-ring (bicyclic) bond motifs is 1. The first-order valence-corrected chi connectivity index (χ1v) is 5.35. The maximum atomic E-state index is 11.5. The first kappa shape index (κ1) is 10.5. The predicted molar refractivity (Wildman–Crippen MR) is 66.0 cm³/mol. The van der Waals surface area contributed by atoms with Crippen molar-refractivity contribution in [3.63, 3.8) is 0 Å². The third-order valence-electron chi connectivity index (χ3n) is 2.65. The number of nitrogens with zero attached hydrogens (tertiary/aromatic N) is 3. The maximum absolute atomic E-state index is 11.5. The minimum atomic E-state index is -0.297. The number of methoxy groups -OCH3 is 1. The van der Waals surface area contributed by atoms with Crippen molar-refractivity contribution in [1.82, 2.24) is 20.0 Å². The molecule has 0 spiro atoms. The lowest BCUT2D eigenvalue weighted by atomic mass is 10.3. The molecule has 6 heteroatoms. The van der Waals surface area contributed by atoms with Crippen molar-refractivity contribution in [2.45, 2.75) is 0 Å². The molecule has 3 aromatic rings. The molecule has 6 nitrogen and oxygen atoms in total. The molecule has 0 aliphatic heterocycles. The molecule has 0 atom stereocenters. The van der Waals surface area contributed by atoms with Gasteiger partial charge in [0.15, 0.2) is 5.52 Å². The van der Waals surface area contributed by atoms with Gasteiger partial charge in [-0.2, -0.15) is 10.2 Å². The number of hydrogen-bond acceptors (Lipinski definition) is 4. The Labute approximate surface area is 102 Å². The van der Waals surface area contributed by atoms with Gasteiger partial charge in [-0.25, -0.2) is 9.78 Å². The van der Waals surface area contributed by atoms with E-state index < -0.39 is 0 Å². The standard InChI is InChI=1S/C12H10N4O2/c1-18-10-4-2-3-9(5-10)16-7-8-6-13-14-12(17)11(8)15-16/h2-7H,1H3,(H,14,17). The Morgan fingerprint density at radius 2 is 2.28 bits per heavy atom. The number of benzene rings is 1. The van der Waals surface area contributed by atoms with Crippen molar-refractivity contribution >= 4 is 10.9 Å². The monoisotopic (exact) mass is 242 g/mol. The van der Waals surface area contributed by atoms with Gasteiger partial charge in [0, 0.05) is 17.6 Å². The molecule has 90 valence electrons. The van der Waals surface area contributed by atoms with E-state index in [0.29, 0.717) is 10.9 Å². The third-order valence-corrected chi connectivity index (χ3v) is 2.65. The van der Waals surface area contributed by atoms with Gasteiger partial charge in [0.2, 0.25) is 0 Å². The van der Waals surface area contributed by atoms with E-state index in [1.54, 1.807) is 24.2 Å². The molecular weight excluding hydrogens is 232 g/mol. The number of aromatic nitrogens is 4. The summed E-state index contributed by atoms with van der Waals surface area (Å²) < 4.78 is 6.78. The molecule has 0 radical (unpaired) electrons. The molecule has 0 saturated heterocycles. The Bertz CT molecular complexity index is 760. The van der Waals surface area contributed by atoms with E-state index in [4.69, 9.17) is 4.74 Å². The van der Waals surface area contributed by atoms with E-state index in [1.165, 1.54) is 0 Å². The Hall–Kier alpha value is -2.63. The summed E-state index contributed by atoms with van der Waals surface area (Å²) in [5.74, 6) is 0.735. The Morgan fingerprint density at radius 3 is 3.06 bits per heavy atom. The average Bonchev–Trinajstić information content (AvgIpc) is 2.84. The van der Waals surface area contributed by atoms with Crippen LogP contribution in [0.15, 0.2) is 41.5 Å². The largest absolute Gasteiger partial charge is 0.497 e. The SMILES string of the molecule is COc1cccc(-n2cc3cn[nH]c(=O)c3n2)c1. The highest BCUT2D eigenvalue weighted by atomic mass is 16.5. The molecule has 3 rings (SSSR count). The first-order chi connectivity index (χ1) is 8.78. The van der Waals surface area contributed by atoms with Crippen LogP contribution in [0, 0.1) is 0 Å². The summed E-state index contributed by atoms with van der Waals surface area (Å²) >= 11 is 0. The van der Waals surface area contributed by atoms with Crippen LogP contribution >= 0.6 is 0 Å². The normalized spacial score (nSPS) is 10.7. The smallest absolute Gasteiger partial charge is 0.292 e. The Kier molecular flexibility index (Phi) is 2.33. The van der Waals surface area contributed by atoms with E-state index in [2.05, 4.69) is 15.3 Å². The van der Waals surface area contributed by atoms with E-state index in [0.717, 1.165) is 11.4 Å². The van der Waals surface area contributed by atoms with Crippen molar-refractivity contribution in [2.24, 2.45) is 0 Å². The zero-order valence-corrected chi connectivity index (χ0v) is 9.62. The van der Waals surface area contributed by atoms with Crippen LogP contribution in [0.2, 0.25) is 0 Å². The molecule has 0 amide bonds. The zero-order chi connectivity index (χ0) is 12.5. The Morgan fingerprint density at radius 1 is 1.39 bits per heavy atom. The number of aromatic amines is 1. The summed E-state index contributed by atoms with van der Waals surface area (Å²) in [4.78, 5) is 11.5. The fraction of sp³-hybridized carbons (Fsp3) is 0.0833. The van der Waals surface area contributed by atoms with Crippen LogP contribution in [0.25, 0.3) is 16.6 Å². The quantitative estimate of drug-likeness (QED) is 0.730. The predicted octanol–water partition coefficient (Wildman–Crippen LogP) is 1.12. The van der Waals surface area contributed by atoms with Crippen LogP contribution in [-0.2, 0) is 0 Å². The second-order valence-corrected chi connectivity index (χ2v) is 3.78. The van der Waals surface area contributed by atoms with Crippen molar-refractivity contribution in [2.75, 3.05) is 7.11 Å². The van der Waals surface area contributed by atoms with Gasteiger partial charge in [0.1, 0.15) is 5.75 Å². The molecule has 0 bridgehead atoms. The van der Waals surface area contributed by atoms with Gasteiger partial charge in [-0.15, -0.1) is 0 Å². The fourth-order valence-electron chi connectivity index (χ4n) is 1.76. The van der Waals surface area contributed by atoms with Gasteiger partial charge in [0.05, 0.1) is 19.0 Å². The fourth-order valence-corrected chi connectivity index (χ4v) is 1.76. The van der Waals surface area contributed by atoms with E-state index in [9.17, 15) is 4.79 Å². The molecule has 0 aliphatic rings. The lowest BCUT2D eigenvalue weighted by Crippen LogP contribution is -2.07. The summed E-state index contributed by atoms with van der Waals surface area (Å²) in [6.07, 6.45) is 3.33. The lowest BCUT2D eigenvalue weighted by molar-refractivity contribution is 0.414. The van der Waals surface area contributed by atoms with Gasteiger partial charge < -0.3 is 4.74 Å². The molecule has 1 N–H and O–H groups in total. The number of rotatable bonds is 2. The van der Waals surface area contributed by atoms with Gasteiger partial charge in [-0.05, 0) is 12.1 Å². The molecule has 2 heterocycles. The van der Waals surface area contributed by atoms with Gasteiger partial charge in [0.25, 0.3) is 5.56 Å². The minimum Gasteiger partial charge on any atom is -0.497 e. The van der Waals surface area contributed by atoms with Crippen molar-refractivity contribution in [3.8, 4) is 11.4 Å². The molecule has 0 fully saturated rings. The maximum Gasteiger partial charge on any atom is 0.292 e. The Balaban J connectivity index is 2.19. The van der Waals surface area contributed by atoms with Gasteiger partial charge >= 0.3 is 0 Å². The summed E-state index contributed by atoms with van der Waals surface area (Å²) in [7, 11) is 1.60. The van der Waals surface area contributed by atoms with Crippen LogP contribution < -0.4 is 10.3 Å². The molecule has 0 aliphatic carbocycles. The third kappa shape index (κ3) is 1.64. The number of H-pyrrole nitrogens is 1. The van der Waals surface area contributed by atoms with E-state index in [1.807, 2.05) is 24.3 Å². The topological polar surface area (TPSA) is 72.8 Å². The lowest BCUT2D eigenvalue weighted by Gasteiger charge is -2.03. The number of nitrogens with one attached hydrogen (secondary N) is 1. The first-order valence-electron chi connectivity index (χ1n) is 5.35. The molecule has 0 unspecified atom stereocenters. The van der Waals surface area contributed by atoms with Crippen LogP contribution in [0.3, 0.4) is 0 Å². The highest BCUT2D eigenvalue weighted by molar-refractivity contribution is 5.76. The summed E-state index contributed by atoms with van der Waals surface area (Å²) in [5.41, 5.74) is 0.895. The summed E-state index contributed by atoms with van der Waals surface area (Å²) in [5, 5.41) is 11.0. The summed E-state index contributed by atoms with van der Waals surface area (Å²) in [6.45, 7) is 0. The van der Waals surface area contributed by atoms with Crippen LogP contribution in [-0.4, -0.2) is 27.1 Å². The molecular formula is C12H10N4O2. The van der Waals surface area contributed by atoms with Crippen molar-refractivity contribution in [1.29, 1.82) is 0 Å². The average molecular weight is 242 g/mol. The molecule has 1 aromatic carbocycles. The highest BCUT2D eigenvalue weighted by Gasteiger charge is 2.06. The van der Waals surface area contributed by atoms with Crippen molar-refractivity contribution < 1.29 is 4.74 Å². The second kappa shape index (κ2) is 3.99. The van der Waals surface area contributed by atoms with E-state index in [-0.39, 0.29) is 5.56 Å². The molecule has 18 heavy (non-hydrogen) atoms. The molecule has 2 aromatic heterocycles.